The van der Waals surface area contributed by atoms with Crippen LogP contribution >= 0.6 is 59.1 Å². The van der Waals surface area contributed by atoms with Crippen LogP contribution in [0, 0.1) is 13.8 Å². The normalized spacial score (nSPS) is 12.8. The van der Waals surface area contributed by atoms with E-state index in [2.05, 4.69) is 85.2 Å². The van der Waals surface area contributed by atoms with Crippen molar-refractivity contribution in [2.45, 2.75) is 18.7 Å². The van der Waals surface area contributed by atoms with Crippen molar-refractivity contribution in [3.63, 3.8) is 0 Å². The van der Waals surface area contributed by atoms with Crippen molar-refractivity contribution < 1.29 is 0 Å². The Hall–Kier alpha value is 0.360. The van der Waals surface area contributed by atoms with E-state index in [1.165, 1.54) is 21.6 Å². The van der Waals surface area contributed by atoms with Crippen molar-refractivity contribution >= 4 is 59.1 Å². The predicted molar refractivity (Wildman–Crippen MR) is 86.4 cm³/mol. The standard InChI is InChI=1S/C13H11Br3S/c1-7-3-4-17-13(7)12(16)9-6-10(14)8(2)5-11(9)15/h3-6,12H,1-2H3. The number of thiophene rings is 1. The van der Waals surface area contributed by atoms with Crippen molar-refractivity contribution in [2.24, 2.45) is 0 Å². The first-order valence-electron chi connectivity index (χ1n) is 5.14. The molecule has 0 fully saturated rings. The number of hydrogen-bond acceptors (Lipinski definition) is 1. The summed E-state index contributed by atoms with van der Waals surface area (Å²) >= 11 is 12.8. The van der Waals surface area contributed by atoms with E-state index in [1.807, 2.05) is 0 Å². The molecule has 0 amide bonds. The van der Waals surface area contributed by atoms with Crippen LogP contribution in [0.3, 0.4) is 0 Å². The van der Waals surface area contributed by atoms with Crippen LogP contribution in [-0.2, 0) is 0 Å². The molecular weight excluding hydrogens is 428 g/mol. The molecule has 0 radical (unpaired) electrons. The van der Waals surface area contributed by atoms with Crippen LogP contribution in [0.1, 0.15) is 26.4 Å². The van der Waals surface area contributed by atoms with Gasteiger partial charge in [0.15, 0.2) is 0 Å². The highest BCUT2D eigenvalue weighted by atomic mass is 79.9. The summed E-state index contributed by atoms with van der Waals surface area (Å²) in [5, 5.41) is 2.13. The molecule has 1 atom stereocenters. The molecule has 0 nitrogen and oxygen atoms in total. The smallest absolute Gasteiger partial charge is 0.0751 e. The van der Waals surface area contributed by atoms with Crippen molar-refractivity contribution in [1.82, 2.24) is 0 Å². The first-order chi connectivity index (χ1) is 8.00. The van der Waals surface area contributed by atoms with Gasteiger partial charge in [-0.05, 0) is 54.1 Å². The second-order valence-corrected chi connectivity index (χ2v) is 7.53. The van der Waals surface area contributed by atoms with E-state index in [1.54, 1.807) is 11.3 Å². The van der Waals surface area contributed by atoms with Crippen LogP contribution < -0.4 is 0 Å². The zero-order valence-electron chi connectivity index (χ0n) is 9.43. The van der Waals surface area contributed by atoms with Gasteiger partial charge in [-0.25, -0.2) is 0 Å². The van der Waals surface area contributed by atoms with E-state index < -0.39 is 0 Å². The van der Waals surface area contributed by atoms with Gasteiger partial charge < -0.3 is 0 Å². The van der Waals surface area contributed by atoms with Crippen LogP contribution in [0.15, 0.2) is 32.5 Å². The molecule has 17 heavy (non-hydrogen) atoms. The summed E-state index contributed by atoms with van der Waals surface area (Å²) in [6, 6.07) is 6.49. The largest absolute Gasteiger partial charge is 0.147 e. The third kappa shape index (κ3) is 2.86. The Morgan fingerprint density at radius 2 is 1.76 bits per heavy atom. The summed E-state index contributed by atoms with van der Waals surface area (Å²) in [6.07, 6.45) is 0. The fourth-order valence-electron chi connectivity index (χ4n) is 1.64. The molecule has 1 heterocycles. The molecule has 0 aliphatic heterocycles. The van der Waals surface area contributed by atoms with Gasteiger partial charge >= 0.3 is 0 Å². The van der Waals surface area contributed by atoms with E-state index in [-0.39, 0.29) is 4.83 Å². The number of aryl methyl sites for hydroxylation is 2. The lowest BCUT2D eigenvalue weighted by atomic mass is 10.1. The van der Waals surface area contributed by atoms with Gasteiger partial charge in [-0.15, -0.1) is 11.3 Å². The van der Waals surface area contributed by atoms with Gasteiger partial charge in [-0.1, -0.05) is 47.8 Å². The van der Waals surface area contributed by atoms with Crippen molar-refractivity contribution in [3.8, 4) is 0 Å². The second kappa shape index (κ2) is 5.55. The molecule has 2 rings (SSSR count). The maximum atomic E-state index is 3.79. The average molecular weight is 439 g/mol. The monoisotopic (exact) mass is 436 g/mol. The minimum Gasteiger partial charge on any atom is -0.147 e. The lowest BCUT2D eigenvalue weighted by Crippen LogP contribution is -1.94. The molecule has 2 aromatic rings. The first-order valence-corrected chi connectivity index (χ1v) is 8.52. The van der Waals surface area contributed by atoms with E-state index in [0.717, 1.165) is 8.95 Å². The van der Waals surface area contributed by atoms with Crippen LogP contribution in [0.4, 0.5) is 0 Å². The molecule has 1 aromatic carbocycles. The van der Waals surface area contributed by atoms with E-state index in [0.29, 0.717) is 0 Å². The summed E-state index contributed by atoms with van der Waals surface area (Å²) in [5.41, 5.74) is 3.83. The fraction of sp³-hybridized carbons (Fsp3) is 0.231. The number of benzene rings is 1. The quantitative estimate of drug-likeness (QED) is 0.477. The number of rotatable bonds is 2. The number of alkyl halides is 1. The van der Waals surface area contributed by atoms with Gasteiger partial charge in [0.25, 0.3) is 0 Å². The lowest BCUT2D eigenvalue weighted by Gasteiger charge is -2.14. The summed E-state index contributed by atoms with van der Waals surface area (Å²) in [4.78, 5) is 1.61. The SMILES string of the molecule is Cc1cc(Br)c(C(Br)c2sccc2C)cc1Br. The van der Waals surface area contributed by atoms with Crippen LogP contribution in [-0.4, -0.2) is 0 Å². The van der Waals surface area contributed by atoms with E-state index >= 15 is 0 Å². The zero-order valence-corrected chi connectivity index (χ0v) is 15.0. The molecule has 90 valence electrons. The predicted octanol–water partition coefficient (Wildman–Crippen LogP) is 6.37. The summed E-state index contributed by atoms with van der Waals surface area (Å²) in [5.74, 6) is 0. The fourth-order valence-corrected chi connectivity index (χ4v) is 4.98. The van der Waals surface area contributed by atoms with Gasteiger partial charge in [0.05, 0.1) is 4.83 Å². The summed E-state index contributed by atoms with van der Waals surface area (Å²) in [6.45, 7) is 4.25. The van der Waals surface area contributed by atoms with Gasteiger partial charge in [0.2, 0.25) is 0 Å². The summed E-state index contributed by atoms with van der Waals surface area (Å²) < 4.78 is 2.29. The topological polar surface area (TPSA) is 0 Å². The number of halogens is 3. The molecule has 0 bridgehead atoms. The highest BCUT2D eigenvalue weighted by Gasteiger charge is 2.17. The Balaban J connectivity index is 2.48. The Morgan fingerprint density at radius 3 is 2.35 bits per heavy atom. The molecule has 0 saturated heterocycles. The van der Waals surface area contributed by atoms with Crippen LogP contribution in [0.5, 0.6) is 0 Å². The Labute approximate surface area is 131 Å². The number of hydrogen-bond donors (Lipinski definition) is 0. The Kier molecular flexibility index (Phi) is 4.50. The maximum absolute atomic E-state index is 3.79. The highest BCUT2D eigenvalue weighted by Crippen LogP contribution is 2.41. The second-order valence-electron chi connectivity index (χ2n) is 3.95. The van der Waals surface area contributed by atoms with Crippen LogP contribution in [0.25, 0.3) is 0 Å². The van der Waals surface area contributed by atoms with Crippen LogP contribution in [0.2, 0.25) is 0 Å². The minimum atomic E-state index is 0.244. The summed E-state index contributed by atoms with van der Waals surface area (Å²) in [7, 11) is 0. The average Bonchev–Trinajstić information content (AvgIpc) is 2.69. The molecular formula is C13H11Br3S. The zero-order chi connectivity index (χ0) is 12.6. The van der Waals surface area contributed by atoms with Gasteiger partial charge in [0.1, 0.15) is 0 Å². The maximum Gasteiger partial charge on any atom is 0.0751 e. The van der Waals surface area contributed by atoms with Gasteiger partial charge in [-0.3, -0.25) is 0 Å². The van der Waals surface area contributed by atoms with Crippen molar-refractivity contribution in [3.05, 3.63) is 54.1 Å². The highest BCUT2D eigenvalue weighted by molar-refractivity contribution is 9.11. The molecule has 0 spiro atoms. The lowest BCUT2D eigenvalue weighted by molar-refractivity contribution is 1.17. The van der Waals surface area contributed by atoms with E-state index in [9.17, 15) is 0 Å². The molecule has 1 unspecified atom stereocenters. The molecule has 0 aliphatic carbocycles. The van der Waals surface area contributed by atoms with Gasteiger partial charge in [-0.2, -0.15) is 0 Å². The van der Waals surface area contributed by atoms with Crippen molar-refractivity contribution in [1.29, 1.82) is 0 Å². The Bertz CT molecular complexity index is 546. The van der Waals surface area contributed by atoms with Gasteiger partial charge in [0, 0.05) is 13.8 Å². The molecule has 0 aliphatic rings. The molecule has 4 heteroatoms. The van der Waals surface area contributed by atoms with E-state index in [4.69, 9.17) is 0 Å². The molecule has 0 N–H and O–H groups in total. The molecule has 0 saturated carbocycles. The Morgan fingerprint density at radius 1 is 1.06 bits per heavy atom. The molecule has 1 aromatic heterocycles. The van der Waals surface area contributed by atoms with Crippen molar-refractivity contribution in [2.75, 3.05) is 0 Å². The minimum absolute atomic E-state index is 0.244. The third-order valence-corrected chi connectivity index (χ3v) is 6.56. The first kappa shape index (κ1) is 13.8. The third-order valence-electron chi connectivity index (χ3n) is 2.68.